The van der Waals surface area contributed by atoms with E-state index in [9.17, 15) is 9.90 Å². The lowest BCUT2D eigenvalue weighted by atomic mass is 9.93. The molecule has 0 aliphatic heterocycles. The first kappa shape index (κ1) is 13.1. The third kappa shape index (κ3) is 3.34. The van der Waals surface area contributed by atoms with Crippen LogP contribution in [0.15, 0.2) is 41.3 Å². The summed E-state index contributed by atoms with van der Waals surface area (Å²) >= 11 is 0. The molecule has 19 heavy (non-hydrogen) atoms. The number of benzene rings is 1. The number of carbonyl (C=O) groups is 1. The lowest BCUT2D eigenvalue weighted by Crippen LogP contribution is -2.11. The summed E-state index contributed by atoms with van der Waals surface area (Å²) in [6.07, 6.45) is 3.08. The fourth-order valence-electron chi connectivity index (χ4n) is 1.87. The van der Waals surface area contributed by atoms with Gasteiger partial charge >= 0.3 is 5.97 Å². The number of ether oxygens (including phenoxy) is 1. The van der Waals surface area contributed by atoms with Crippen LogP contribution < -0.4 is 0 Å². The summed E-state index contributed by atoms with van der Waals surface area (Å²) in [5.74, 6) is 0.217. The molecule has 0 aliphatic carbocycles. The van der Waals surface area contributed by atoms with Gasteiger partial charge in [0.2, 0.25) is 0 Å². The van der Waals surface area contributed by atoms with Crippen LogP contribution in [0, 0.1) is 0 Å². The quantitative estimate of drug-likeness (QED) is 0.837. The number of phenolic OH excluding ortho intramolecular Hbond substituents is 1. The summed E-state index contributed by atoms with van der Waals surface area (Å²) in [7, 11) is 0. The SMILES string of the molecule is CCOC(=O)CC(c1ccc(O)cc1)c1cnco1. The van der Waals surface area contributed by atoms with Crippen molar-refractivity contribution in [2.24, 2.45) is 0 Å². The van der Waals surface area contributed by atoms with E-state index in [1.54, 1.807) is 37.4 Å². The van der Waals surface area contributed by atoms with E-state index in [4.69, 9.17) is 9.15 Å². The summed E-state index contributed by atoms with van der Waals surface area (Å²) in [4.78, 5) is 15.5. The number of nitrogens with zero attached hydrogens (tertiary/aromatic N) is 1. The van der Waals surface area contributed by atoms with Gasteiger partial charge < -0.3 is 14.3 Å². The highest BCUT2D eigenvalue weighted by molar-refractivity contribution is 5.71. The van der Waals surface area contributed by atoms with Gasteiger partial charge in [0, 0.05) is 0 Å². The molecule has 1 heterocycles. The van der Waals surface area contributed by atoms with Crippen molar-refractivity contribution in [2.75, 3.05) is 6.61 Å². The summed E-state index contributed by atoms with van der Waals surface area (Å²) < 4.78 is 10.2. The zero-order chi connectivity index (χ0) is 13.7. The Morgan fingerprint density at radius 3 is 2.74 bits per heavy atom. The van der Waals surface area contributed by atoms with Crippen LogP contribution in [0.5, 0.6) is 5.75 Å². The summed E-state index contributed by atoms with van der Waals surface area (Å²) in [5.41, 5.74) is 0.864. The number of carbonyl (C=O) groups excluding carboxylic acids is 1. The van der Waals surface area contributed by atoms with Gasteiger partial charge in [-0.2, -0.15) is 0 Å². The molecule has 5 nitrogen and oxygen atoms in total. The van der Waals surface area contributed by atoms with Crippen molar-refractivity contribution in [3.8, 4) is 5.75 Å². The maximum Gasteiger partial charge on any atom is 0.306 e. The van der Waals surface area contributed by atoms with E-state index in [2.05, 4.69) is 4.98 Å². The minimum atomic E-state index is -0.294. The Labute approximate surface area is 110 Å². The zero-order valence-electron chi connectivity index (χ0n) is 10.6. The maximum atomic E-state index is 11.7. The van der Waals surface area contributed by atoms with E-state index in [0.29, 0.717) is 12.4 Å². The maximum absolute atomic E-state index is 11.7. The molecule has 2 aromatic rings. The number of aromatic hydroxyl groups is 1. The molecule has 1 aromatic heterocycles. The van der Waals surface area contributed by atoms with Crippen molar-refractivity contribution in [1.29, 1.82) is 0 Å². The highest BCUT2D eigenvalue weighted by Crippen LogP contribution is 2.29. The Hall–Kier alpha value is -2.30. The van der Waals surface area contributed by atoms with Gasteiger partial charge in [0.25, 0.3) is 0 Å². The molecule has 1 atom stereocenters. The molecule has 1 aromatic carbocycles. The van der Waals surface area contributed by atoms with E-state index in [1.165, 1.54) is 6.39 Å². The summed E-state index contributed by atoms with van der Waals surface area (Å²) in [6.45, 7) is 2.11. The predicted octanol–water partition coefficient (Wildman–Crippen LogP) is 2.47. The molecule has 0 bridgehead atoms. The van der Waals surface area contributed by atoms with Crippen molar-refractivity contribution < 1.29 is 19.1 Å². The Bertz CT molecular complexity index is 519. The number of hydrogen-bond acceptors (Lipinski definition) is 5. The zero-order valence-corrected chi connectivity index (χ0v) is 10.6. The average molecular weight is 261 g/mol. The highest BCUT2D eigenvalue weighted by atomic mass is 16.5. The van der Waals surface area contributed by atoms with Crippen molar-refractivity contribution in [3.63, 3.8) is 0 Å². The number of esters is 1. The van der Waals surface area contributed by atoms with Gasteiger partial charge in [0.1, 0.15) is 11.5 Å². The van der Waals surface area contributed by atoms with E-state index in [0.717, 1.165) is 5.56 Å². The van der Waals surface area contributed by atoms with Crippen LogP contribution in [0.3, 0.4) is 0 Å². The van der Waals surface area contributed by atoms with Gasteiger partial charge in [0.15, 0.2) is 6.39 Å². The molecule has 5 heteroatoms. The van der Waals surface area contributed by atoms with E-state index >= 15 is 0 Å². The third-order valence-corrected chi connectivity index (χ3v) is 2.77. The van der Waals surface area contributed by atoms with Crippen molar-refractivity contribution in [2.45, 2.75) is 19.3 Å². The van der Waals surface area contributed by atoms with Crippen LogP contribution >= 0.6 is 0 Å². The molecule has 0 aliphatic rings. The standard InChI is InChI=1S/C14H15NO4/c1-2-18-14(17)7-12(13-8-15-9-19-13)10-3-5-11(16)6-4-10/h3-6,8-9,12,16H,2,7H2,1H3. The first-order valence-electron chi connectivity index (χ1n) is 6.03. The molecule has 1 unspecified atom stereocenters. The van der Waals surface area contributed by atoms with Crippen LogP contribution in [0.1, 0.15) is 30.6 Å². The molecule has 2 rings (SSSR count). The second-order valence-electron chi connectivity index (χ2n) is 4.06. The summed E-state index contributed by atoms with van der Waals surface area (Å²) in [6, 6.07) is 6.65. The number of aromatic nitrogens is 1. The van der Waals surface area contributed by atoms with Crippen LogP contribution in [-0.4, -0.2) is 22.7 Å². The largest absolute Gasteiger partial charge is 0.508 e. The normalized spacial score (nSPS) is 12.1. The topological polar surface area (TPSA) is 72.6 Å². The van der Waals surface area contributed by atoms with E-state index in [1.807, 2.05) is 0 Å². The molecule has 0 fully saturated rings. The number of hydrogen-bond donors (Lipinski definition) is 1. The first-order chi connectivity index (χ1) is 9.20. The van der Waals surface area contributed by atoms with Crippen LogP contribution in [0.25, 0.3) is 0 Å². The predicted molar refractivity (Wildman–Crippen MR) is 67.7 cm³/mol. The Balaban J connectivity index is 2.24. The van der Waals surface area contributed by atoms with Crippen LogP contribution in [0.2, 0.25) is 0 Å². The molecule has 0 radical (unpaired) electrons. The molecule has 100 valence electrons. The fraction of sp³-hybridized carbons (Fsp3) is 0.286. The Kier molecular flexibility index (Phi) is 4.18. The highest BCUT2D eigenvalue weighted by Gasteiger charge is 2.21. The lowest BCUT2D eigenvalue weighted by Gasteiger charge is -2.13. The minimum Gasteiger partial charge on any atom is -0.508 e. The lowest BCUT2D eigenvalue weighted by molar-refractivity contribution is -0.143. The van der Waals surface area contributed by atoms with Gasteiger partial charge in [-0.1, -0.05) is 12.1 Å². The van der Waals surface area contributed by atoms with Gasteiger partial charge in [-0.05, 0) is 24.6 Å². The molecule has 0 saturated carbocycles. The molecule has 0 spiro atoms. The molecule has 0 saturated heterocycles. The fourth-order valence-corrected chi connectivity index (χ4v) is 1.87. The van der Waals surface area contributed by atoms with Crippen molar-refractivity contribution >= 4 is 5.97 Å². The first-order valence-corrected chi connectivity index (χ1v) is 6.03. The second-order valence-corrected chi connectivity index (χ2v) is 4.06. The molecular formula is C14H15NO4. The smallest absolute Gasteiger partial charge is 0.306 e. The number of oxazole rings is 1. The van der Waals surface area contributed by atoms with E-state index < -0.39 is 0 Å². The molecular weight excluding hydrogens is 246 g/mol. The van der Waals surface area contributed by atoms with Gasteiger partial charge in [0.05, 0.1) is 25.1 Å². The third-order valence-electron chi connectivity index (χ3n) is 2.77. The Morgan fingerprint density at radius 2 is 2.16 bits per heavy atom. The monoisotopic (exact) mass is 261 g/mol. The minimum absolute atomic E-state index is 0.174. The second kappa shape index (κ2) is 6.04. The van der Waals surface area contributed by atoms with Crippen LogP contribution in [0.4, 0.5) is 0 Å². The molecule has 1 N–H and O–H groups in total. The van der Waals surface area contributed by atoms with Gasteiger partial charge in [-0.15, -0.1) is 0 Å². The van der Waals surface area contributed by atoms with Crippen molar-refractivity contribution in [1.82, 2.24) is 4.98 Å². The number of phenols is 1. The summed E-state index contributed by atoms with van der Waals surface area (Å²) in [5, 5.41) is 9.31. The van der Waals surface area contributed by atoms with Crippen molar-refractivity contribution in [3.05, 3.63) is 48.2 Å². The molecule has 0 amide bonds. The van der Waals surface area contributed by atoms with Crippen LogP contribution in [-0.2, 0) is 9.53 Å². The Morgan fingerprint density at radius 1 is 1.42 bits per heavy atom. The average Bonchev–Trinajstić information content (AvgIpc) is 2.91. The number of rotatable bonds is 5. The van der Waals surface area contributed by atoms with Gasteiger partial charge in [-0.3, -0.25) is 4.79 Å². The van der Waals surface area contributed by atoms with Gasteiger partial charge in [-0.25, -0.2) is 4.98 Å². The van der Waals surface area contributed by atoms with E-state index in [-0.39, 0.29) is 24.1 Å².